The first-order valence-electron chi connectivity index (χ1n) is 10.3. The van der Waals surface area contributed by atoms with Crippen LogP contribution in [-0.4, -0.2) is 19.7 Å². The van der Waals surface area contributed by atoms with Crippen molar-refractivity contribution in [2.45, 2.75) is 6.54 Å². The summed E-state index contributed by atoms with van der Waals surface area (Å²) >= 11 is 6.62. The number of nitrogens with zero attached hydrogens (tertiary/aromatic N) is 3. The van der Waals surface area contributed by atoms with Crippen molar-refractivity contribution in [3.05, 3.63) is 111 Å². The maximum absolute atomic E-state index is 13.3. The number of nitro benzene ring substituents is 1. The number of hydrogen-bond donors (Lipinski definition) is 0. The molecule has 0 radical (unpaired) electrons. The molecule has 6 nitrogen and oxygen atoms in total. The molecule has 1 aliphatic heterocycles. The Hall–Kier alpha value is -3.82. The molecule has 5 rings (SSSR count). The monoisotopic (exact) mass is 489 g/mol. The molecule has 0 N–H and O–H groups in total. The van der Waals surface area contributed by atoms with E-state index in [1.807, 2.05) is 36.5 Å². The van der Waals surface area contributed by atoms with Gasteiger partial charge in [-0.25, -0.2) is 4.39 Å². The molecule has 3 aromatic carbocycles. The molecule has 2 heterocycles. The number of hydrogen-bond acceptors (Lipinski definition) is 5. The van der Waals surface area contributed by atoms with E-state index in [1.54, 1.807) is 12.1 Å². The molecular formula is C25H16FN3O3S2. The number of aromatic nitrogens is 1. The lowest BCUT2D eigenvalue weighted by Gasteiger charge is -2.13. The van der Waals surface area contributed by atoms with E-state index in [9.17, 15) is 19.3 Å². The first kappa shape index (κ1) is 22.0. The number of fused-ring (bicyclic) bond motifs is 1. The van der Waals surface area contributed by atoms with Gasteiger partial charge in [-0.3, -0.25) is 19.8 Å². The fourth-order valence-corrected chi connectivity index (χ4v) is 5.15. The molecule has 0 unspecified atom stereocenters. The van der Waals surface area contributed by atoms with Gasteiger partial charge in [0, 0.05) is 41.3 Å². The largest absolute Gasteiger partial charge is 0.342 e. The molecule has 0 saturated carbocycles. The summed E-state index contributed by atoms with van der Waals surface area (Å²) in [5, 5.41) is 11.9. The lowest BCUT2D eigenvalue weighted by atomic mass is 10.1. The summed E-state index contributed by atoms with van der Waals surface area (Å²) < 4.78 is 15.7. The van der Waals surface area contributed by atoms with Crippen LogP contribution in [0.25, 0.3) is 17.0 Å². The van der Waals surface area contributed by atoms with Crippen molar-refractivity contribution >= 4 is 62.6 Å². The van der Waals surface area contributed by atoms with Crippen LogP contribution in [0.3, 0.4) is 0 Å². The number of para-hydroxylation sites is 1. The molecule has 0 atom stereocenters. The molecule has 9 heteroatoms. The van der Waals surface area contributed by atoms with E-state index in [1.165, 1.54) is 53.1 Å². The number of thiocarbonyl (C=S) groups is 1. The average Bonchev–Trinajstić information content (AvgIpc) is 3.31. The van der Waals surface area contributed by atoms with Gasteiger partial charge in [-0.1, -0.05) is 54.3 Å². The fraction of sp³-hybridized carbons (Fsp3) is 0.0400. The van der Waals surface area contributed by atoms with Crippen LogP contribution in [0.1, 0.15) is 11.1 Å². The number of carbonyl (C=O) groups is 1. The minimum absolute atomic E-state index is 0.0568. The first-order chi connectivity index (χ1) is 16.4. The van der Waals surface area contributed by atoms with Crippen LogP contribution in [0.5, 0.6) is 0 Å². The van der Waals surface area contributed by atoms with Gasteiger partial charge in [0.25, 0.3) is 11.6 Å². The summed E-state index contributed by atoms with van der Waals surface area (Å²) in [7, 11) is 0. The maximum Gasteiger partial charge on any atom is 0.270 e. The summed E-state index contributed by atoms with van der Waals surface area (Å²) in [4.78, 5) is 25.5. The molecule has 0 bridgehead atoms. The lowest BCUT2D eigenvalue weighted by molar-refractivity contribution is -0.384. The second-order valence-electron chi connectivity index (χ2n) is 7.65. The van der Waals surface area contributed by atoms with Gasteiger partial charge < -0.3 is 4.57 Å². The van der Waals surface area contributed by atoms with E-state index in [2.05, 4.69) is 4.57 Å². The number of nitro groups is 1. The van der Waals surface area contributed by atoms with E-state index >= 15 is 0 Å². The van der Waals surface area contributed by atoms with Crippen molar-refractivity contribution in [1.82, 2.24) is 4.57 Å². The third-order valence-corrected chi connectivity index (χ3v) is 6.79. The molecule has 1 fully saturated rings. The van der Waals surface area contributed by atoms with E-state index < -0.39 is 4.92 Å². The van der Waals surface area contributed by atoms with Crippen LogP contribution in [0.4, 0.5) is 15.8 Å². The number of benzene rings is 3. The molecule has 1 aromatic heterocycles. The number of halogens is 1. The fourth-order valence-electron chi connectivity index (χ4n) is 3.86. The Morgan fingerprint density at radius 3 is 2.44 bits per heavy atom. The Balaban J connectivity index is 1.48. The van der Waals surface area contributed by atoms with E-state index in [-0.39, 0.29) is 17.4 Å². The minimum Gasteiger partial charge on any atom is -0.342 e. The van der Waals surface area contributed by atoms with Crippen molar-refractivity contribution in [3.63, 3.8) is 0 Å². The Labute approximate surface area is 203 Å². The number of non-ortho nitro benzene ring substituents is 1. The summed E-state index contributed by atoms with van der Waals surface area (Å²) in [6.07, 6.45) is 3.78. The van der Waals surface area contributed by atoms with Crippen LogP contribution in [0, 0.1) is 15.9 Å². The highest BCUT2D eigenvalue weighted by Gasteiger charge is 2.33. The third kappa shape index (κ3) is 4.11. The summed E-state index contributed by atoms with van der Waals surface area (Å²) in [6, 6.07) is 20.0. The molecule has 1 amide bonds. The number of rotatable bonds is 5. The van der Waals surface area contributed by atoms with Gasteiger partial charge in [-0.05, 0) is 42.0 Å². The zero-order valence-corrected chi connectivity index (χ0v) is 19.2. The standard InChI is InChI=1S/C25H16FN3O3S2/c26-18-7-5-16(6-8-18)14-27-15-17(21-3-1-2-4-22(21)27)13-23-24(30)28(25(33)34-23)19-9-11-20(12-10-19)29(31)32/h1-13,15H,14H2. The van der Waals surface area contributed by atoms with Crippen molar-refractivity contribution in [1.29, 1.82) is 0 Å². The SMILES string of the molecule is O=C1C(=Cc2cn(Cc3ccc(F)cc3)c3ccccc23)SC(=S)N1c1ccc([N+](=O)[O-])cc1. The molecule has 0 aliphatic carbocycles. The van der Waals surface area contributed by atoms with Gasteiger partial charge in [0.1, 0.15) is 5.82 Å². The van der Waals surface area contributed by atoms with Crippen molar-refractivity contribution in [2.75, 3.05) is 4.90 Å². The van der Waals surface area contributed by atoms with Crippen LogP contribution < -0.4 is 4.90 Å². The van der Waals surface area contributed by atoms with Crippen LogP contribution in [0.2, 0.25) is 0 Å². The Bertz CT molecular complexity index is 1480. The van der Waals surface area contributed by atoms with Gasteiger partial charge in [0.15, 0.2) is 4.32 Å². The van der Waals surface area contributed by atoms with Crippen LogP contribution in [-0.2, 0) is 11.3 Å². The number of anilines is 1. The van der Waals surface area contributed by atoms with Gasteiger partial charge >= 0.3 is 0 Å². The smallest absolute Gasteiger partial charge is 0.270 e. The first-order valence-corrected chi connectivity index (χ1v) is 11.5. The predicted molar refractivity (Wildman–Crippen MR) is 136 cm³/mol. The van der Waals surface area contributed by atoms with Crippen LogP contribution >= 0.6 is 24.0 Å². The number of carbonyl (C=O) groups excluding carboxylic acids is 1. The van der Waals surface area contributed by atoms with E-state index in [0.29, 0.717) is 21.5 Å². The van der Waals surface area contributed by atoms with Gasteiger partial charge in [-0.2, -0.15) is 0 Å². The third-order valence-electron chi connectivity index (χ3n) is 5.48. The molecular weight excluding hydrogens is 473 g/mol. The highest BCUT2D eigenvalue weighted by molar-refractivity contribution is 8.27. The second kappa shape index (κ2) is 8.85. The second-order valence-corrected chi connectivity index (χ2v) is 9.32. The number of thioether (sulfide) groups is 1. The minimum atomic E-state index is -0.490. The van der Waals surface area contributed by atoms with Crippen molar-refractivity contribution < 1.29 is 14.1 Å². The average molecular weight is 490 g/mol. The molecule has 168 valence electrons. The lowest BCUT2D eigenvalue weighted by Crippen LogP contribution is -2.27. The van der Waals surface area contributed by atoms with Crippen molar-refractivity contribution in [3.8, 4) is 0 Å². The zero-order valence-electron chi connectivity index (χ0n) is 17.6. The summed E-state index contributed by atoms with van der Waals surface area (Å²) in [6.45, 7) is 0.554. The highest BCUT2D eigenvalue weighted by Crippen LogP contribution is 2.37. The van der Waals surface area contributed by atoms with E-state index in [0.717, 1.165) is 22.0 Å². The highest BCUT2D eigenvalue weighted by atomic mass is 32.2. The van der Waals surface area contributed by atoms with Gasteiger partial charge in [0.05, 0.1) is 15.5 Å². The molecule has 4 aromatic rings. The topological polar surface area (TPSA) is 68.4 Å². The normalized spacial score (nSPS) is 15.0. The molecule has 0 spiro atoms. The Morgan fingerprint density at radius 2 is 1.74 bits per heavy atom. The number of amides is 1. The Morgan fingerprint density at radius 1 is 1.03 bits per heavy atom. The van der Waals surface area contributed by atoms with Gasteiger partial charge in [-0.15, -0.1) is 0 Å². The molecule has 34 heavy (non-hydrogen) atoms. The van der Waals surface area contributed by atoms with E-state index in [4.69, 9.17) is 12.2 Å². The van der Waals surface area contributed by atoms with Crippen molar-refractivity contribution in [2.24, 2.45) is 0 Å². The maximum atomic E-state index is 13.3. The quantitative estimate of drug-likeness (QED) is 0.146. The summed E-state index contributed by atoms with van der Waals surface area (Å²) in [5.74, 6) is -0.559. The predicted octanol–water partition coefficient (Wildman–Crippen LogP) is 6.14. The summed E-state index contributed by atoms with van der Waals surface area (Å²) in [5.41, 5.74) is 3.23. The van der Waals surface area contributed by atoms with Gasteiger partial charge in [0.2, 0.25) is 0 Å². The van der Waals surface area contributed by atoms with Crippen LogP contribution in [0.15, 0.2) is 83.9 Å². The zero-order chi connectivity index (χ0) is 23.8. The molecule has 1 saturated heterocycles. The Kier molecular flexibility index (Phi) is 5.72. The molecule has 1 aliphatic rings.